The largest absolute Gasteiger partial charge is 0.493 e. The van der Waals surface area contributed by atoms with Crippen molar-refractivity contribution in [1.82, 2.24) is 0 Å². The molecule has 1 aliphatic carbocycles. The molecule has 0 amide bonds. The normalized spacial score (nSPS) is 18.3. The molecule has 0 saturated heterocycles. The van der Waals surface area contributed by atoms with E-state index < -0.39 is 0 Å². The molecule has 3 rings (SSSR count). The van der Waals surface area contributed by atoms with E-state index in [0.29, 0.717) is 5.92 Å². The molecule has 0 bridgehead atoms. The van der Waals surface area contributed by atoms with E-state index in [9.17, 15) is 0 Å². The van der Waals surface area contributed by atoms with Gasteiger partial charge in [-0.3, -0.25) is 0 Å². The summed E-state index contributed by atoms with van der Waals surface area (Å²) >= 11 is 0. The Balaban J connectivity index is 1.63. The zero-order chi connectivity index (χ0) is 13.2. The third-order valence-corrected chi connectivity index (χ3v) is 3.80. The lowest BCUT2D eigenvalue weighted by atomic mass is 9.78. The minimum absolute atomic E-state index is 0.0491. The van der Waals surface area contributed by atoms with Gasteiger partial charge in [-0.2, -0.15) is 0 Å². The lowest BCUT2D eigenvalue weighted by molar-refractivity contribution is 0.275. The molecule has 2 N–H and O–H groups in total. The molecule has 1 aliphatic rings. The maximum absolute atomic E-state index is 5.90. The fourth-order valence-electron chi connectivity index (χ4n) is 2.60. The van der Waals surface area contributed by atoms with Crippen LogP contribution in [0.25, 0.3) is 0 Å². The Kier molecular flexibility index (Phi) is 3.26. The Morgan fingerprint density at radius 2 is 2.05 bits per heavy atom. The third kappa shape index (κ3) is 2.49. The van der Waals surface area contributed by atoms with Gasteiger partial charge in [0.2, 0.25) is 0 Å². The maximum atomic E-state index is 5.90. The van der Waals surface area contributed by atoms with Crippen molar-refractivity contribution in [2.75, 3.05) is 6.61 Å². The molecular weight excluding hydrogens is 234 g/mol. The van der Waals surface area contributed by atoms with Gasteiger partial charge in [-0.1, -0.05) is 36.4 Å². The Hall–Kier alpha value is -1.80. The van der Waals surface area contributed by atoms with E-state index in [0.717, 1.165) is 24.3 Å². The number of ether oxygens (including phenoxy) is 1. The van der Waals surface area contributed by atoms with Crippen LogP contribution in [0, 0.1) is 0 Å². The molecule has 0 aliphatic heterocycles. The quantitative estimate of drug-likeness (QED) is 0.906. The summed E-state index contributed by atoms with van der Waals surface area (Å²) in [6.45, 7) is 2.74. The van der Waals surface area contributed by atoms with Crippen LogP contribution in [-0.2, 0) is 6.42 Å². The molecule has 19 heavy (non-hydrogen) atoms. The molecule has 2 aromatic carbocycles. The van der Waals surface area contributed by atoms with Gasteiger partial charge < -0.3 is 10.5 Å². The van der Waals surface area contributed by atoms with Crippen LogP contribution in [0.5, 0.6) is 5.75 Å². The van der Waals surface area contributed by atoms with Crippen LogP contribution in [0.1, 0.15) is 35.6 Å². The maximum Gasteiger partial charge on any atom is 0.119 e. The highest BCUT2D eigenvalue weighted by Crippen LogP contribution is 2.35. The number of rotatable bonds is 4. The first-order chi connectivity index (χ1) is 9.24. The highest BCUT2D eigenvalue weighted by molar-refractivity contribution is 5.40. The van der Waals surface area contributed by atoms with Crippen LogP contribution in [-0.4, -0.2) is 6.61 Å². The summed E-state index contributed by atoms with van der Waals surface area (Å²) in [7, 11) is 0. The van der Waals surface area contributed by atoms with Gasteiger partial charge in [-0.25, -0.2) is 0 Å². The predicted octanol–water partition coefficient (Wildman–Crippen LogP) is 3.43. The average molecular weight is 253 g/mol. The second kappa shape index (κ2) is 5.06. The van der Waals surface area contributed by atoms with Gasteiger partial charge in [0.15, 0.2) is 0 Å². The van der Waals surface area contributed by atoms with Crippen LogP contribution in [0.4, 0.5) is 0 Å². The first kappa shape index (κ1) is 12.2. The smallest absolute Gasteiger partial charge is 0.119 e. The fourth-order valence-corrected chi connectivity index (χ4v) is 2.60. The van der Waals surface area contributed by atoms with Crippen molar-refractivity contribution in [3.05, 3.63) is 65.2 Å². The Bertz CT molecular complexity index is 577. The summed E-state index contributed by atoms with van der Waals surface area (Å²) in [6, 6.07) is 16.7. The Morgan fingerprint density at radius 1 is 1.21 bits per heavy atom. The summed E-state index contributed by atoms with van der Waals surface area (Å²) in [5.41, 5.74) is 9.90. The molecule has 0 fully saturated rings. The number of nitrogens with two attached hydrogens (primary N) is 1. The number of fused-ring (bicyclic) bond motifs is 1. The minimum Gasteiger partial charge on any atom is -0.493 e. The van der Waals surface area contributed by atoms with E-state index in [2.05, 4.69) is 24.3 Å². The lowest BCUT2D eigenvalue weighted by Gasteiger charge is -2.29. The van der Waals surface area contributed by atoms with Crippen molar-refractivity contribution >= 4 is 0 Å². The van der Waals surface area contributed by atoms with Crippen molar-refractivity contribution in [2.24, 2.45) is 5.73 Å². The topological polar surface area (TPSA) is 35.2 Å². The highest BCUT2D eigenvalue weighted by atomic mass is 16.5. The Labute approximate surface area is 114 Å². The molecule has 0 spiro atoms. The van der Waals surface area contributed by atoms with Crippen LogP contribution in [0.3, 0.4) is 0 Å². The molecule has 0 radical (unpaired) electrons. The van der Waals surface area contributed by atoms with Crippen molar-refractivity contribution in [3.63, 3.8) is 0 Å². The first-order valence-electron chi connectivity index (χ1n) is 6.80. The standard InChI is InChI=1S/C17H19NO/c1-12(18)13-6-4-7-16(10-13)19-11-15-9-14-5-2-3-8-17(14)15/h2-8,10,12,15H,9,11,18H2,1H3. The van der Waals surface area contributed by atoms with Gasteiger partial charge in [0.25, 0.3) is 0 Å². The van der Waals surface area contributed by atoms with Gasteiger partial charge in [0, 0.05) is 12.0 Å². The van der Waals surface area contributed by atoms with Gasteiger partial charge in [0.05, 0.1) is 6.61 Å². The van der Waals surface area contributed by atoms with Gasteiger partial charge in [0.1, 0.15) is 5.75 Å². The summed E-state index contributed by atoms with van der Waals surface area (Å²) in [6.07, 6.45) is 1.13. The van der Waals surface area contributed by atoms with Crippen molar-refractivity contribution in [2.45, 2.75) is 25.3 Å². The van der Waals surface area contributed by atoms with E-state index in [4.69, 9.17) is 10.5 Å². The van der Waals surface area contributed by atoms with Gasteiger partial charge >= 0.3 is 0 Å². The third-order valence-electron chi connectivity index (χ3n) is 3.80. The van der Waals surface area contributed by atoms with Crippen LogP contribution < -0.4 is 10.5 Å². The fraction of sp³-hybridized carbons (Fsp3) is 0.294. The van der Waals surface area contributed by atoms with Crippen molar-refractivity contribution in [1.29, 1.82) is 0 Å². The number of hydrogen-bond donors (Lipinski definition) is 1. The van der Waals surface area contributed by atoms with E-state index >= 15 is 0 Å². The van der Waals surface area contributed by atoms with E-state index in [1.54, 1.807) is 0 Å². The van der Waals surface area contributed by atoms with E-state index in [1.807, 2.05) is 31.2 Å². The van der Waals surface area contributed by atoms with Crippen LogP contribution >= 0.6 is 0 Å². The minimum atomic E-state index is 0.0491. The monoisotopic (exact) mass is 253 g/mol. The molecule has 0 aromatic heterocycles. The van der Waals surface area contributed by atoms with Gasteiger partial charge in [-0.15, -0.1) is 0 Å². The molecule has 2 nitrogen and oxygen atoms in total. The summed E-state index contributed by atoms with van der Waals surface area (Å²) in [5.74, 6) is 1.45. The highest BCUT2D eigenvalue weighted by Gasteiger charge is 2.25. The molecule has 2 heteroatoms. The summed E-state index contributed by atoms with van der Waals surface area (Å²) in [5, 5.41) is 0. The lowest BCUT2D eigenvalue weighted by Crippen LogP contribution is -2.23. The first-order valence-corrected chi connectivity index (χ1v) is 6.80. The van der Waals surface area contributed by atoms with Crippen LogP contribution in [0.2, 0.25) is 0 Å². The Morgan fingerprint density at radius 3 is 2.84 bits per heavy atom. The van der Waals surface area contributed by atoms with E-state index in [1.165, 1.54) is 11.1 Å². The van der Waals surface area contributed by atoms with Crippen LogP contribution in [0.15, 0.2) is 48.5 Å². The number of hydrogen-bond acceptors (Lipinski definition) is 2. The second-order valence-corrected chi connectivity index (χ2v) is 5.27. The molecule has 0 heterocycles. The SMILES string of the molecule is CC(N)c1cccc(OCC2Cc3ccccc32)c1. The predicted molar refractivity (Wildman–Crippen MR) is 77.4 cm³/mol. The molecule has 0 saturated carbocycles. The zero-order valence-electron chi connectivity index (χ0n) is 11.2. The van der Waals surface area contributed by atoms with Crippen molar-refractivity contribution < 1.29 is 4.74 Å². The molecule has 2 unspecified atom stereocenters. The summed E-state index contributed by atoms with van der Waals surface area (Å²) < 4.78 is 5.90. The zero-order valence-corrected chi connectivity index (χ0v) is 11.2. The van der Waals surface area contributed by atoms with Gasteiger partial charge in [-0.05, 0) is 42.2 Å². The van der Waals surface area contributed by atoms with E-state index in [-0.39, 0.29) is 6.04 Å². The molecule has 98 valence electrons. The molecule has 2 atom stereocenters. The molecule has 2 aromatic rings. The average Bonchev–Trinajstić information content (AvgIpc) is 2.40. The summed E-state index contributed by atoms with van der Waals surface area (Å²) in [4.78, 5) is 0. The van der Waals surface area contributed by atoms with Crippen molar-refractivity contribution in [3.8, 4) is 5.75 Å². The second-order valence-electron chi connectivity index (χ2n) is 5.27. The number of benzene rings is 2. The molecular formula is C17H19NO.